The van der Waals surface area contributed by atoms with Gasteiger partial charge in [0.25, 0.3) is 11.8 Å². The van der Waals surface area contributed by atoms with Gasteiger partial charge in [-0.2, -0.15) is 0 Å². The summed E-state index contributed by atoms with van der Waals surface area (Å²) in [4.78, 5) is 96.2. The highest BCUT2D eigenvalue weighted by Crippen LogP contribution is 2.34. The average molecular weight is 916 g/mol. The molecular formula is C51H73N5O10. The van der Waals surface area contributed by atoms with Crippen LogP contribution in [0, 0.1) is 11.3 Å². The Labute approximate surface area is 391 Å². The molecule has 0 radical (unpaired) electrons. The number of aryl methyl sites for hydroxylation is 1. The number of hydrogen-bond acceptors (Lipinski definition) is 11. The maximum absolute atomic E-state index is 14.2. The highest BCUT2D eigenvalue weighted by atomic mass is 16.5. The minimum atomic E-state index is -0.809. The van der Waals surface area contributed by atoms with Gasteiger partial charge in [-0.05, 0) is 132 Å². The average Bonchev–Trinajstić information content (AvgIpc) is 3.33. The summed E-state index contributed by atoms with van der Waals surface area (Å²) in [6.45, 7) is 8.82. The first-order valence-electron chi connectivity index (χ1n) is 24.1. The fraction of sp³-hybridized carbons (Fsp3) is 0.627. The molecular weight excluding hydrogens is 843 g/mol. The number of imide groups is 1. The van der Waals surface area contributed by atoms with Crippen LogP contribution in [0.1, 0.15) is 128 Å². The number of carbonyl (C=O) groups excluding carboxylic acids is 7. The Morgan fingerprint density at radius 3 is 2.35 bits per heavy atom. The van der Waals surface area contributed by atoms with Gasteiger partial charge < -0.3 is 34.2 Å². The molecule has 362 valence electrons. The predicted molar refractivity (Wildman–Crippen MR) is 250 cm³/mol. The number of rotatable bonds is 24. The van der Waals surface area contributed by atoms with E-state index in [2.05, 4.69) is 15.5 Å². The predicted octanol–water partition coefficient (Wildman–Crippen LogP) is 5.80. The number of Topliss-reactive ketones (excluding diaryl/α,β-unsaturated/α-hetero) is 2. The highest BCUT2D eigenvalue weighted by Gasteiger charge is 2.40. The summed E-state index contributed by atoms with van der Waals surface area (Å²) in [6.07, 6.45) is 9.98. The van der Waals surface area contributed by atoms with Gasteiger partial charge in [-0.25, -0.2) is 0 Å². The normalized spacial score (nSPS) is 18.8. The summed E-state index contributed by atoms with van der Waals surface area (Å²) in [5.74, 6) is -0.614. The van der Waals surface area contributed by atoms with Gasteiger partial charge in [-0.1, -0.05) is 51.8 Å². The zero-order valence-corrected chi connectivity index (χ0v) is 40.1. The van der Waals surface area contributed by atoms with Crippen LogP contribution in [0.4, 0.5) is 0 Å². The maximum Gasteiger partial charge on any atom is 0.291 e. The molecule has 5 amide bonds. The second-order valence-corrected chi connectivity index (χ2v) is 18.8. The number of ketones is 2. The van der Waals surface area contributed by atoms with E-state index >= 15 is 0 Å². The molecule has 2 aromatic carbocycles. The van der Waals surface area contributed by atoms with Crippen LogP contribution in [0.15, 0.2) is 42.5 Å². The summed E-state index contributed by atoms with van der Waals surface area (Å²) in [5, 5.41) is 5.30. The number of nitrogens with zero attached hydrogens (tertiary/aromatic N) is 3. The molecule has 15 heteroatoms. The lowest BCUT2D eigenvalue weighted by Crippen LogP contribution is -2.54. The SMILES string of the molecule is CCC(C)(C)C(=O)C(=O)N1CCCCC1C(=O)C[C@H](CCc1ccc(OC)c(OC)c1)c1cccc(OCC(=O)NCCCCCCN2CCC(C(=O)N(C)C3CCC(=O)NC3=O)CC2)c1. The maximum atomic E-state index is 14.2. The Hall–Kier alpha value is -5.31. The van der Waals surface area contributed by atoms with Crippen LogP contribution in [-0.2, 0) is 40.0 Å². The molecule has 3 aliphatic rings. The molecule has 2 aromatic rings. The van der Waals surface area contributed by atoms with Gasteiger partial charge in [-0.3, -0.25) is 38.9 Å². The number of amides is 5. The third kappa shape index (κ3) is 14.3. The molecule has 2 unspecified atom stereocenters. The molecule has 3 saturated heterocycles. The van der Waals surface area contributed by atoms with Crippen LogP contribution >= 0.6 is 0 Å². The van der Waals surface area contributed by atoms with Crippen molar-refractivity contribution in [1.29, 1.82) is 0 Å². The first kappa shape index (κ1) is 51.7. The molecule has 2 N–H and O–H groups in total. The summed E-state index contributed by atoms with van der Waals surface area (Å²) >= 11 is 0. The van der Waals surface area contributed by atoms with Crippen LogP contribution in [0.3, 0.4) is 0 Å². The second kappa shape index (κ2) is 25.0. The number of ether oxygens (including phenoxy) is 3. The van der Waals surface area contributed by atoms with E-state index in [0.717, 1.165) is 82.1 Å². The van der Waals surface area contributed by atoms with Crippen molar-refractivity contribution in [2.24, 2.45) is 11.3 Å². The Morgan fingerprint density at radius 2 is 1.64 bits per heavy atom. The molecule has 66 heavy (non-hydrogen) atoms. The molecule has 3 heterocycles. The summed E-state index contributed by atoms with van der Waals surface area (Å²) in [5.41, 5.74) is 1.09. The number of likely N-dealkylation sites (N-methyl/N-ethyl adjacent to an activating group) is 1. The van der Waals surface area contributed by atoms with Crippen LogP contribution in [0.5, 0.6) is 17.2 Å². The molecule has 3 aliphatic heterocycles. The highest BCUT2D eigenvalue weighted by molar-refractivity contribution is 6.38. The third-order valence-corrected chi connectivity index (χ3v) is 13.9. The van der Waals surface area contributed by atoms with Gasteiger partial charge in [0.15, 0.2) is 23.9 Å². The summed E-state index contributed by atoms with van der Waals surface area (Å²) in [6, 6.07) is 12.0. The van der Waals surface area contributed by atoms with Gasteiger partial charge in [0.2, 0.25) is 23.5 Å². The Morgan fingerprint density at radius 1 is 0.894 bits per heavy atom. The molecule has 0 spiro atoms. The van der Waals surface area contributed by atoms with E-state index < -0.39 is 35.1 Å². The van der Waals surface area contributed by atoms with Crippen molar-refractivity contribution in [3.05, 3.63) is 53.6 Å². The standard InChI is InChI=1S/C51H73N5O10/c1-7-51(2,3)47(60)50(63)56-28-13-10-17-40(56)42(57)33-38(20-18-35-19-22-43(64-5)44(31-35)65-6)37-15-14-16-39(32-37)66-34-46(59)52-26-11-8-9-12-27-55-29-24-36(25-30-55)49(62)54(4)41-21-23-45(58)53-48(41)61/h14-16,19,22,31-32,36,38,40-41H,7-13,17-18,20-21,23-30,33-34H2,1-6H3,(H,52,59)(H,53,58,61)/t38-,40?,41?/m0/s1. The summed E-state index contributed by atoms with van der Waals surface area (Å²) in [7, 11) is 4.85. The van der Waals surface area contributed by atoms with Crippen molar-refractivity contribution < 1.29 is 47.8 Å². The first-order valence-corrected chi connectivity index (χ1v) is 24.1. The fourth-order valence-electron chi connectivity index (χ4n) is 9.23. The van der Waals surface area contributed by atoms with E-state index in [4.69, 9.17) is 14.2 Å². The van der Waals surface area contributed by atoms with E-state index in [1.165, 1.54) is 9.80 Å². The van der Waals surface area contributed by atoms with Crippen molar-refractivity contribution >= 4 is 41.1 Å². The van der Waals surface area contributed by atoms with E-state index in [1.54, 1.807) is 41.2 Å². The van der Waals surface area contributed by atoms with E-state index in [9.17, 15) is 33.6 Å². The molecule has 0 aromatic heterocycles. The molecule has 3 atom stereocenters. The third-order valence-electron chi connectivity index (χ3n) is 13.9. The number of methoxy groups -OCH3 is 2. The number of unbranched alkanes of at least 4 members (excludes halogenated alkanes) is 3. The van der Waals surface area contributed by atoms with Crippen molar-refractivity contribution in [3.8, 4) is 17.2 Å². The zero-order valence-electron chi connectivity index (χ0n) is 40.1. The first-order chi connectivity index (χ1) is 31.6. The number of carbonyl (C=O) groups is 7. The lowest BCUT2D eigenvalue weighted by molar-refractivity contribution is -0.153. The largest absolute Gasteiger partial charge is 0.493 e. The van der Waals surface area contributed by atoms with Crippen molar-refractivity contribution in [2.45, 2.75) is 135 Å². The monoisotopic (exact) mass is 916 g/mol. The number of hydrogen-bond donors (Lipinski definition) is 2. The van der Waals surface area contributed by atoms with Crippen molar-refractivity contribution in [2.75, 3.05) is 60.6 Å². The van der Waals surface area contributed by atoms with E-state index in [0.29, 0.717) is 62.4 Å². The van der Waals surface area contributed by atoms with E-state index in [1.807, 2.05) is 43.3 Å². The van der Waals surface area contributed by atoms with Crippen molar-refractivity contribution in [3.63, 3.8) is 0 Å². The van der Waals surface area contributed by atoms with Crippen molar-refractivity contribution in [1.82, 2.24) is 25.3 Å². The Balaban J connectivity index is 1.08. The minimum absolute atomic E-state index is 0.0224. The zero-order chi connectivity index (χ0) is 47.8. The minimum Gasteiger partial charge on any atom is -0.493 e. The van der Waals surface area contributed by atoms with Crippen LogP contribution in [-0.4, -0.2) is 128 Å². The number of piperidine rings is 3. The van der Waals surface area contributed by atoms with Gasteiger partial charge >= 0.3 is 0 Å². The van der Waals surface area contributed by atoms with Gasteiger partial charge in [0, 0.05) is 44.3 Å². The smallest absolute Gasteiger partial charge is 0.291 e. The molecule has 0 saturated carbocycles. The lowest BCUT2D eigenvalue weighted by Gasteiger charge is -2.36. The Kier molecular flexibility index (Phi) is 19.6. The lowest BCUT2D eigenvalue weighted by atomic mass is 9.82. The van der Waals surface area contributed by atoms with Gasteiger partial charge in [-0.15, -0.1) is 0 Å². The van der Waals surface area contributed by atoms with E-state index in [-0.39, 0.29) is 54.8 Å². The molecule has 0 aliphatic carbocycles. The molecule has 0 bridgehead atoms. The Bertz CT molecular complexity index is 2010. The number of likely N-dealkylation sites (tertiary alicyclic amines) is 2. The fourth-order valence-corrected chi connectivity index (χ4v) is 9.23. The second-order valence-electron chi connectivity index (χ2n) is 18.8. The van der Waals surface area contributed by atoms with Gasteiger partial charge in [0.1, 0.15) is 11.8 Å². The molecule has 3 fully saturated rings. The molecule has 5 rings (SSSR count). The molecule has 15 nitrogen and oxygen atoms in total. The van der Waals surface area contributed by atoms with Gasteiger partial charge in [0.05, 0.1) is 20.3 Å². The number of benzene rings is 2. The topological polar surface area (TPSA) is 181 Å². The number of nitrogens with one attached hydrogen (secondary N) is 2. The summed E-state index contributed by atoms with van der Waals surface area (Å²) < 4.78 is 16.9. The van der Waals surface area contributed by atoms with Crippen LogP contribution < -0.4 is 24.8 Å². The van der Waals surface area contributed by atoms with Crippen LogP contribution in [0.2, 0.25) is 0 Å². The van der Waals surface area contributed by atoms with Crippen LogP contribution in [0.25, 0.3) is 0 Å². The quantitative estimate of drug-likeness (QED) is 0.0739.